The Bertz CT molecular complexity index is 383. The minimum Gasteiger partial charge on any atom is -0.394 e. The smallest absolute Gasteiger partial charge is 0.187 e. The average Bonchev–Trinajstić information content (AvgIpc) is 2.55. The molecule has 0 aliphatic carbocycles. The van der Waals surface area contributed by atoms with Crippen molar-refractivity contribution >= 4 is 0 Å². The molecule has 2 saturated heterocycles. The van der Waals surface area contributed by atoms with Crippen molar-refractivity contribution in [2.45, 2.75) is 61.3 Å². The fraction of sp³-hybridized carbons (Fsp3) is 1.00. The molecule has 0 radical (unpaired) electrons. The second kappa shape index (κ2) is 7.63. The summed E-state index contributed by atoms with van der Waals surface area (Å²) in [4.78, 5) is 0. The van der Waals surface area contributed by atoms with Crippen LogP contribution < -0.4 is 5.73 Å². The van der Waals surface area contributed by atoms with Gasteiger partial charge in [0.1, 0.15) is 55.1 Å². The van der Waals surface area contributed by atoms with Crippen molar-refractivity contribution in [2.24, 2.45) is 5.73 Å². The molecule has 0 aromatic rings. The van der Waals surface area contributed by atoms with Gasteiger partial charge in [0, 0.05) is 0 Å². The van der Waals surface area contributed by atoms with E-state index in [4.69, 9.17) is 25.1 Å². The van der Waals surface area contributed by atoms with Crippen LogP contribution in [0.5, 0.6) is 0 Å². The summed E-state index contributed by atoms with van der Waals surface area (Å²) in [7, 11) is 0. The van der Waals surface area contributed by atoms with Crippen LogP contribution in [0.15, 0.2) is 0 Å². The predicted octanol–water partition coefficient (Wildman–Crippen LogP) is -5.43. The normalized spacial score (nSPS) is 51.7. The van der Waals surface area contributed by atoms with Gasteiger partial charge in [-0.25, -0.2) is 0 Å². The van der Waals surface area contributed by atoms with Crippen LogP contribution in [0.4, 0.5) is 0 Å². The molecule has 0 saturated carbocycles. The van der Waals surface area contributed by atoms with E-state index in [0.717, 1.165) is 0 Å². The van der Waals surface area contributed by atoms with Gasteiger partial charge in [0.05, 0.1) is 13.2 Å². The summed E-state index contributed by atoms with van der Waals surface area (Å²) in [6.07, 6.45) is -14.4. The molecule has 9 N–H and O–H groups in total. The number of rotatable bonds is 4. The first kappa shape index (κ1) is 18.9. The topological polar surface area (TPSA) is 195 Å². The van der Waals surface area contributed by atoms with Crippen molar-refractivity contribution in [3.05, 3.63) is 0 Å². The van der Waals surface area contributed by atoms with E-state index in [1.807, 2.05) is 0 Å². The van der Waals surface area contributed by atoms with Crippen molar-refractivity contribution in [3.63, 3.8) is 0 Å². The van der Waals surface area contributed by atoms with Gasteiger partial charge in [-0.05, 0) is 0 Å². The molecule has 0 bridgehead atoms. The molecule has 2 fully saturated rings. The summed E-state index contributed by atoms with van der Waals surface area (Å²) in [6, 6.07) is 0. The number of aliphatic hydroxyl groups excluding tert-OH is 7. The van der Waals surface area contributed by atoms with Gasteiger partial charge >= 0.3 is 0 Å². The molecule has 2 rings (SSSR count). The van der Waals surface area contributed by atoms with Gasteiger partial charge < -0.3 is 55.7 Å². The quantitative estimate of drug-likeness (QED) is 0.243. The Balaban J connectivity index is 2.11. The molecule has 0 aromatic heterocycles. The highest BCUT2D eigenvalue weighted by Gasteiger charge is 2.49. The first-order chi connectivity index (χ1) is 10.8. The second-order valence-electron chi connectivity index (χ2n) is 5.60. The summed E-state index contributed by atoms with van der Waals surface area (Å²) in [5, 5.41) is 67.4. The number of aliphatic hydroxyl groups is 7. The maximum Gasteiger partial charge on any atom is 0.187 e. The zero-order valence-electron chi connectivity index (χ0n) is 12.1. The molecule has 0 spiro atoms. The minimum atomic E-state index is -1.69. The summed E-state index contributed by atoms with van der Waals surface area (Å²) >= 11 is 0. The third-order valence-electron chi connectivity index (χ3n) is 4.04. The Hall–Kier alpha value is -0.440. The van der Waals surface area contributed by atoms with Crippen LogP contribution >= 0.6 is 0 Å². The lowest BCUT2D eigenvalue weighted by atomic mass is 9.96. The van der Waals surface area contributed by atoms with E-state index in [1.165, 1.54) is 0 Å². The van der Waals surface area contributed by atoms with Crippen LogP contribution in [0.1, 0.15) is 0 Å². The third-order valence-corrected chi connectivity index (χ3v) is 4.04. The fourth-order valence-electron chi connectivity index (χ4n) is 2.62. The van der Waals surface area contributed by atoms with Gasteiger partial charge in [-0.3, -0.25) is 0 Å². The SMILES string of the molecule is NC1OC(CO)C(OC2OC(CO)C(O)C(O)C2O)C(O)C1O. The molecule has 2 aliphatic rings. The second-order valence-corrected chi connectivity index (χ2v) is 5.60. The molecule has 11 heteroatoms. The van der Waals surface area contributed by atoms with Crippen LogP contribution in [-0.2, 0) is 14.2 Å². The van der Waals surface area contributed by atoms with Crippen LogP contribution in [-0.4, -0.2) is 110 Å². The van der Waals surface area contributed by atoms with Crippen LogP contribution in [0.25, 0.3) is 0 Å². The molecule has 2 heterocycles. The fourth-order valence-corrected chi connectivity index (χ4v) is 2.62. The molecule has 0 amide bonds. The van der Waals surface area contributed by atoms with Gasteiger partial charge in [-0.1, -0.05) is 0 Å². The Morgan fingerprint density at radius 1 is 0.739 bits per heavy atom. The van der Waals surface area contributed by atoms with E-state index in [-0.39, 0.29) is 0 Å². The lowest BCUT2D eigenvalue weighted by Gasteiger charge is -2.45. The van der Waals surface area contributed by atoms with Crippen LogP contribution in [0, 0.1) is 0 Å². The van der Waals surface area contributed by atoms with Gasteiger partial charge in [-0.2, -0.15) is 0 Å². The molecule has 10 atom stereocenters. The molecular weight excluding hydrogens is 318 g/mol. The van der Waals surface area contributed by atoms with Gasteiger partial charge in [-0.15, -0.1) is 0 Å². The first-order valence-corrected chi connectivity index (χ1v) is 7.15. The van der Waals surface area contributed by atoms with Crippen LogP contribution in [0.3, 0.4) is 0 Å². The Labute approximate surface area is 131 Å². The first-order valence-electron chi connectivity index (χ1n) is 7.15. The van der Waals surface area contributed by atoms with E-state index in [0.29, 0.717) is 0 Å². The standard InChI is InChI=1S/C12H23NO10/c13-11-8(19)7(18)10(4(2-15)21-11)23-12-9(20)6(17)5(16)3(1-14)22-12/h3-12,14-20H,1-2,13H2. The van der Waals surface area contributed by atoms with Gasteiger partial charge in [0.15, 0.2) is 6.29 Å². The summed E-state index contributed by atoms with van der Waals surface area (Å²) in [5.41, 5.74) is 5.46. The maximum atomic E-state index is 10.0. The lowest BCUT2D eigenvalue weighted by Crippen LogP contribution is -2.65. The molecule has 2 aliphatic heterocycles. The van der Waals surface area contributed by atoms with E-state index in [1.54, 1.807) is 0 Å². The van der Waals surface area contributed by atoms with Crippen molar-refractivity contribution in [3.8, 4) is 0 Å². The summed E-state index contributed by atoms with van der Waals surface area (Å²) in [6.45, 7) is -1.25. The van der Waals surface area contributed by atoms with Crippen molar-refractivity contribution < 1.29 is 50.0 Å². The molecule has 10 unspecified atom stereocenters. The number of ether oxygens (including phenoxy) is 3. The molecular formula is C12H23NO10. The third kappa shape index (κ3) is 3.65. The van der Waals surface area contributed by atoms with E-state index < -0.39 is 74.6 Å². The van der Waals surface area contributed by atoms with E-state index in [9.17, 15) is 30.6 Å². The van der Waals surface area contributed by atoms with Gasteiger partial charge in [0.25, 0.3) is 0 Å². The average molecular weight is 341 g/mol. The number of hydrogen-bond acceptors (Lipinski definition) is 11. The molecule has 136 valence electrons. The zero-order valence-corrected chi connectivity index (χ0v) is 12.1. The highest BCUT2D eigenvalue weighted by Crippen LogP contribution is 2.28. The zero-order chi connectivity index (χ0) is 17.3. The molecule has 23 heavy (non-hydrogen) atoms. The van der Waals surface area contributed by atoms with Crippen molar-refractivity contribution in [1.82, 2.24) is 0 Å². The van der Waals surface area contributed by atoms with Crippen LogP contribution in [0.2, 0.25) is 0 Å². The molecule has 0 aromatic carbocycles. The Morgan fingerprint density at radius 3 is 1.91 bits per heavy atom. The minimum absolute atomic E-state index is 0.598. The van der Waals surface area contributed by atoms with E-state index in [2.05, 4.69) is 0 Å². The highest BCUT2D eigenvalue weighted by molar-refractivity contribution is 4.94. The Kier molecular flexibility index (Phi) is 6.27. The largest absolute Gasteiger partial charge is 0.394 e. The predicted molar refractivity (Wildman–Crippen MR) is 70.6 cm³/mol. The summed E-state index contributed by atoms with van der Waals surface area (Å²) < 4.78 is 15.6. The van der Waals surface area contributed by atoms with Gasteiger partial charge in [0.2, 0.25) is 0 Å². The lowest BCUT2D eigenvalue weighted by molar-refractivity contribution is -0.341. The molecule has 11 nitrogen and oxygen atoms in total. The number of nitrogens with two attached hydrogens (primary N) is 1. The van der Waals surface area contributed by atoms with Crippen molar-refractivity contribution in [2.75, 3.05) is 13.2 Å². The maximum absolute atomic E-state index is 10.0. The van der Waals surface area contributed by atoms with Crippen molar-refractivity contribution in [1.29, 1.82) is 0 Å². The summed E-state index contributed by atoms with van der Waals surface area (Å²) in [5.74, 6) is 0. The highest BCUT2D eigenvalue weighted by atomic mass is 16.7. The number of hydrogen-bond donors (Lipinski definition) is 8. The Morgan fingerprint density at radius 2 is 1.35 bits per heavy atom. The monoisotopic (exact) mass is 341 g/mol. The van der Waals surface area contributed by atoms with E-state index >= 15 is 0 Å².